The van der Waals surface area contributed by atoms with E-state index < -0.39 is 11.9 Å². The van der Waals surface area contributed by atoms with E-state index in [4.69, 9.17) is 21.4 Å². The fourth-order valence-corrected chi connectivity index (χ4v) is 5.94. The van der Waals surface area contributed by atoms with E-state index in [2.05, 4.69) is 15.3 Å². The van der Waals surface area contributed by atoms with Crippen LogP contribution < -0.4 is 15.6 Å². The third kappa shape index (κ3) is 6.29. The number of pyridine rings is 3. The van der Waals surface area contributed by atoms with Gasteiger partial charge in [0.2, 0.25) is 0 Å². The number of carboxylic acid groups (broad SMARTS) is 1. The quantitative estimate of drug-likeness (QED) is 0.184. The lowest BCUT2D eigenvalue weighted by molar-refractivity contribution is 0.0696. The summed E-state index contributed by atoms with van der Waals surface area (Å²) in [7, 11) is 1.47. The number of carboxylic acids is 1. The molecule has 0 fully saturated rings. The van der Waals surface area contributed by atoms with Gasteiger partial charge in [0, 0.05) is 53.1 Å². The Hall–Kier alpha value is -5.59. The van der Waals surface area contributed by atoms with E-state index >= 15 is 0 Å². The summed E-state index contributed by atoms with van der Waals surface area (Å²) in [6, 6.07) is 18.0. The zero-order chi connectivity index (χ0) is 32.2. The summed E-state index contributed by atoms with van der Waals surface area (Å²) in [6.07, 6.45) is 8.28. The van der Waals surface area contributed by atoms with Crippen LogP contribution in [0.15, 0.2) is 103 Å². The molecule has 0 atom stereocenters. The SMILES string of the molecule is COc1c(-c2cn(Cc3cccnc3)c(=O)cc2-c2ccncc2)nn(C(=O)c2ccc(C(=O)O)cc2)c1NCc1ccc(Cl)s1. The molecule has 46 heavy (non-hydrogen) atoms. The van der Waals surface area contributed by atoms with E-state index in [1.54, 1.807) is 59.8 Å². The Bertz CT molecular complexity index is 2090. The summed E-state index contributed by atoms with van der Waals surface area (Å²) in [4.78, 5) is 48.0. The van der Waals surface area contributed by atoms with Crippen LogP contribution in [0.25, 0.3) is 22.4 Å². The molecule has 0 bridgehead atoms. The van der Waals surface area contributed by atoms with Gasteiger partial charge in [-0.15, -0.1) is 11.3 Å². The normalized spacial score (nSPS) is 10.9. The van der Waals surface area contributed by atoms with E-state index in [0.29, 0.717) is 33.3 Å². The van der Waals surface area contributed by atoms with E-state index in [9.17, 15) is 19.5 Å². The first-order chi connectivity index (χ1) is 22.3. The van der Waals surface area contributed by atoms with Gasteiger partial charge in [-0.1, -0.05) is 17.7 Å². The molecule has 13 heteroatoms. The van der Waals surface area contributed by atoms with Crippen molar-refractivity contribution in [1.29, 1.82) is 0 Å². The number of methoxy groups -OCH3 is 1. The number of hydrogen-bond acceptors (Lipinski definition) is 9. The van der Waals surface area contributed by atoms with Gasteiger partial charge in [0.25, 0.3) is 11.5 Å². The van der Waals surface area contributed by atoms with Crippen molar-refractivity contribution in [2.75, 3.05) is 12.4 Å². The van der Waals surface area contributed by atoms with Gasteiger partial charge in [-0.05, 0) is 71.3 Å². The van der Waals surface area contributed by atoms with Crippen molar-refractivity contribution in [1.82, 2.24) is 24.3 Å². The second-order valence-corrected chi connectivity index (χ2v) is 11.9. The number of benzene rings is 1. The van der Waals surface area contributed by atoms with Crippen LogP contribution >= 0.6 is 22.9 Å². The predicted molar refractivity (Wildman–Crippen MR) is 175 cm³/mol. The first-order valence-corrected chi connectivity index (χ1v) is 15.1. The smallest absolute Gasteiger partial charge is 0.335 e. The maximum atomic E-state index is 14.0. The number of nitrogens with one attached hydrogen (secondary N) is 1. The number of carbonyl (C=O) groups is 2. The van der Waals surface area contributed by atoms with Crippen LogP contribution in [-0.2, 0) is 13.1 Å². The second kappa shape index (κ2) is 13.2. The first-order valence-electron chi connectivity index (χ1n) is 13.9. The molecule has 0 aliphatic heterocycles. The predicted octanol–water partition coefficient (Wildman–Crippen LogP) is 5.94. The molecule has 0 aliphatic rings. The lowest BCUT2D eigenvalue weighted by Crippen LogP contribution is -2.20. The Kier molecular flexibility index (Phi) is 8.72. The molecule has 0 radical (unpaired) electrons. The average molecular weight is 653 g/mol. The fourth-order valence-electron chi connectivity index (χ4n) is 4.91. The van der Waals surface area contributed by atoms with Crippen molar-refractivity contribution in [2.24, 2.45) is 0 Å². The molecule has 0 unspecified atom stereocenters. The van der Waals surface area contributed by atoms with Gasteiger partial charge in [-0.25, -0.2) is 4.79 Å². The zero-order valence-corrected chi connectivity index (χ0v) is 25.8. The van der Waals surface area contributed by atoms with Crippen molar-refractivity contribution < 1.29 is 19.4 Å². The van der Waals surface area contributed by atoms with Crippen LogP contribution in [0.5, 0.6) is 5.75 Å². The minimum atomic E-state index is -1.11. The minimum absolute atomic E-state index is 0.0427. The lowest BCUT2D eigenvalue weighted by Gasteiger charge is -2.14. The molecule has 0 saturated carbocycles. The third-order valence-electron chi connectivity index (χ3n) is 7.12. The number of carbonyl (C=O) groups excluding carboxylic acids is 1. The van der Waals surface area contributed by atoms with Gasteiger partial charge in [-0.3, -0.25) is 19.6 Å². The molecule has 0 saturated heterocycles. The molecular formula is C33H25ClN6O5S. The summed E-state index contributed by atoms with van der Waals surface area (Å²) in [5.41, 5.74) is 2.93. The first kappa shape index (κ1) is 30.4. The topological polar surface area (TPSA) is 141 Å². The molecule has 1 aromatic carbocycles. The largest absolute Gasteiger partial charge is 0.491 e. The second-order valence-electron chi connectivity index (χ2n) is 10.1. The van der Waals surface area contributed by atoms with Crippen LogP contribution in [0.1, 0.15) is 31.2 Å². The van der Waals surface area contributed by atoms with Crippen LogP contribution in [0, 0.1) is 0 Å². The molecule has 2 N–H and O–H groups in total. The molecule has 0 amide bonds. The van der Waals surface area contributed by atoms with Crippen molar-refractivity contribution in [3.8, 4) is 28.1 Å². The summed E-state index contributed by atoms with van der Waals surface area (Å²) in [5.74, 6) is -1.11. The average Bonchev–Trinajstić information content (AvgIpc) is 3.67. The monoisotopic (exact) mass is 652 g/mol. The van der Waals surface area contributed by atoms with Crippen molar-refractivity contribution in [2.45, 2.75) is 13.1 Å². The Morgan fingerprint density at radius 2 is 1.74 bits per heavy atom. The fraction of sp³-hybridized carbons (Fsp3) is 0.0909. The van der Waals surface area contributed by atoms with Crippen LogP contribution in [-0.4, -0.2) is 48.4 Å². The molecule has 230 valence electrons. The van der Waals surface area contributed by atoms with Gasteiger partial charge in [-0.2, -0.15) is 9.78 Å². The number of rotatable bonds is 10. The Labute approximate surface area is 271 Å². The van der Waals surface area contributed by atoms with Crippen LogP contribution in [0.4, 0.5) is 5.82 Å². The number of halogens is 1. The maximum Gasteiger partial charge on any atom is 0.335 e. The number of aromatic carboxylic acids is 1. The summed E-state index contributed by atoms with van der Waals surface area (Å²) >= 11 is 7.54. The molecule has 5 heterocycles. The number of hydrogen-bond donors (Lipinski definition) is 2. The Balaban J connectivity index is 1.54. The van der Waals surface area contributed by atoms with Crippen LogP contribution in [0.2, 0.25) is 4.34 Å². The number of ether oxygens (including phenoxy) is 1. The maximum absolute atomic E-state index is 14.0. The highest BCUT2D eigenvalue weighted by Crippen LogP contribution is 2.41. The molecule has 6 rings (SSSR count). The zero-order valence-electron chi connectivity index (χ0n) is 24.3. The van der Waals surface area contributed by atoms with E-state index in [0.717, 1.165) is 10.4 Å². The van der Waals surface area contributed by atoms with Gasteiger partial charge >= 0.3 is 5.97 Å². The number of nitrogens with zero attached hydrogens (tertiary/aromatic N) is 5. The summed E-state index contributed by atoms with van der Waals surface area (Å²) in [5, 5.41) is 17.4. The van der Waals surface area contributed by atoms with Crippen LogP contribution in [0.3, 0.4) is 0 Å². The van der Waals surface area contributed by atoms with Gasteiger partial charge in [0.05, 0.1) is 30.1 Å². The Morgan fingerprint density at radius 3 is 2.39 bits per heavy atom. The minimum Gasteiger partial charge on any atom is -0.491 e. The van der Waals surface area contributed by atoms with E-state index in [-0.39, 0.29) is 34.8 Å². The molecule has 6 aromatic rings. The number of anilines is 1. The molecule has 0 aliphatic carbocycles. The highest BCUT2D eigenvalue weighted by Gasteiger charge is 2.27. The Morgan fingerprint density at radius 1 is 0.978 bits per heavy atom. The molecule has 0 spiro atoms. The number of thiophene rings is 1. The van der Waals surface area contributed by atoms with Crippen molar-refractivity contribution in [3.63, 3.8) is 0 Å². The highest BCUT2D eigenvalue weighted by molar-refractivity contribution is 7.16. The van der Waals surface area contributed by atoms with Crippen molar-refractivity contribution in [3.05, 3.63) is 134 Å². The van der Waals surface area contributed by atoms with Crippen molar-refractivity contribution >= 4 is 40.6 Å². The van der Waals surface area contributed by atoms with Gasteiger partial charge in [0.1, 0.15) is 5.69 Å². The third-order valence-corrected chi connectivity index (χ3v) is 8.36. The summed E-state index contributed by atoms with van der Waals surface area (Å²) < 4.78 is 9.26. The molecule has 11 nitrogen and oxygen atoms in total. The highest BCUT2D eigenvalue weighted by atomic mass is 35.5. The molecular weight excluding hydrogens is 628 g/mol. The summed E-state index contributed by atoms with van der Waals surface area (Å²) in [6.45, 7) is 0.556. The lowest BCUT2D eigenvalue weighted by atomic mass is 10.00. The standard InChI is InChI=1S/C33H25ClN6O5S/c1-45-30-29(26-19-39(18-20-3-2-12-36-16-20)28(41)15-25(26)21-10-13-35-14-11-21)38-40(31(30)37-17-24-8-9-27(34)46-24)32(42)22-4-6-23(7-5-22)33(43)44/h2-16,19,37H,17-18H2,1H3,(H,43,44). The van der Waals surface area contributed by atoms with E-state index in [1.165, 1.54) is 53.5 Å². The van der Waals surface area contributed by atoms with Gasteiger partial charge in [0.15, 0.2) is 11.6 Å². The van der Waals surface area contributed by atoms with E-state index in [1.807, 2.05) is 12.1 Å². The van der Waals surface area contributed by atoms with Gasteiger partial charge < -0.3 is 19.7 Å². The molecule has 5 aromatic heterocycles. The number of aromatic nitrogens is 5.